The zero-order valence-corrected chi connectivity index (χ0v) is 11.9. The summed E-state index contributed by atoms with van der Waals surface area (Å²) in [6.45, 7) is 4.53. The Morgan fingerprint density at radius 3 is 3.10 bits per heavy atom. The third kappa shape index (κ3) is 1.98. The van der Waals surface area contributed by atoms with Gasteiger partial charge in [0.2, 0.25) is 0 Å². The van der Waals surface area contributed by atoms with E-state index in [1.54, 1.807) is 6.07 Å². The lowest BCUT2D eigenvalue weighted by Gasteiger charge is -2.37. The molecule has 2 atom stereocenters. The zero-order valence-electron chi connectivity index (χ0n) is 11.9. The van der Waals surface area contributed by atoms with Crippen LogP contribution in [0.15, 0.2) is 18.2 Å². The smallest absolute Gasteiger partial charge is 0.127 e. The molecule has 0 aromatic heterocycles. The highest BCUT2D eigenvalue weighted by molar-refractivity contribution is 5.30. The number of halogens is 1. The Labute approximate surface area is 119 Å². The van der Waals surface area contributed by atoms with Gasteiger partial charge in [-0.15, -0.1) is 0 Å². The summed E-state index contributed by atoms with van der Waals surface area (Å²) >= 11 is 0. The Kier molecular flexibility index (Phi) is 2.88. The first-order valence-corrected chi connectivity index (χ1v) is 7.48. The van der Waals surface area contributed by atoms with Crippen molar-refractivity contribution in [1.82, 2.24) is 9.80 Å². The van der Waals surface area contributed by atoms with Gasteiger partial charge in [0.1, 0.15) is 5.82 Å². The highest BCUT2D eigenvalue weighted by Crippen LogP contribution is 2.38. The van der Waals surface area contributed by atoms with Crippen molar-refractivity contribution in [1.29, 1.82) is 0 Å². The molecule has 0 saturated carbocycles. The first kappa shape index (κ1) is 12.7. The first-order chi connectivity index (χ1) is 9.65. The molecule has 3 heterocycles. The van der Waals surface area contributed by atoms with Crippen molar-refractivity contribution in [2.24, 2.45) is 0 Å². The van der Waals surface area contributed by atoms with Crippen molar-refractivity contribution in [2.75, 3.05) is 33.3 Å². The van der Waals surface area contributed by atoms with Gasteiger partial charge in [-0.2, -0.15) is 0 Å². The van der Waals surface area contributed by atoms with Crippen molar-refractivity contribution in [3.8, 4) is 0 Å². The molecule has 0 N–H and O–H groups in total. The molecule has 1 aromatic carbocycles. The molecule has 20 heavy (non-hydrogen) atoms. The molecule has 0 amide bonds. The summed E-state index contributed by atoms with van der Waals surface area (Å²) in [5, 5.41) is 0. The summed E-state index contributed by atoms with van der Waals surface area (Å²) in [5.74, 6) is -0.0570. The predicted octanol–water partition coefficient (Wildman–Crippen LogP) is 1.66. The van der Waals surface area contributed by atoms with Gasteiger partial charge in [-0.1, -0.05) is 12.1 Å². The van der Waals surface area contributed by atoms with Gasteiger partial charge in [0.05, 0.1) is 12.2 Å². The fraction of sp³-hybridized carbons (Fsp3) is 0.625. The molecule has 0 unspecified atom stereocenters. The molecule has 0 radical (unpaired) electrons. The summed E-state index contributed by atoms with van der Waals surface area (Å²) in [5.41, 5.74) is 2.05. The van der Waals surface area contributed by atoms with E-state index < -0.39 is 0 Å². The van der Waals surface area contributed by atoms with Gasteiger partial charge in [-0.3, -0.25) is 9.80 Å². The molecule has 4 heteroatoms. The summed E-state index contributed by atoms with van der Waals surface area (Å²) in [4.78, 5) is 4.77. The fourth-order valence-electron chi connectivity index (χ4n) is 4.10. The first-order valence-electron chi connectivity index (χ1n) is 7.48. The number of morpholine rings is 1. The van der Waals surface area contributed by atoms with Gasteiger partial charge in [-0.25, -0.2) is 4.39 Å². The van der Waals surface area contributed by atoms with Crippen molar-refractivity contribution in [2.45, 2.75) is 31.0 Å². The number of benzene rings is 1. The number of fused-ring (bicyclic) bond motifs is 3. The fourth-order valence-corrected chi connectivity index (χ4v) is 4.10. The quantitative estimate of drug-likeness (QED) is 0.817. The maximum Gasteiger partial charge on any atom is 0.127 e. The normalized spacial score (nSPS) is 33.6. The second-order valence-electron chi connectivity index (χ2n) is 6.61. The minimum atomic E-state index is -0.0570. The van der Waals surface area contributed by atoms with E-state index in [4.69, 9.17) is 4.74 Å². The van der Waals surface area contributed by atoms with E-state index in [0.717, 1.165) is 51.2 Å². The van der Waals surface area contributed by atoms with Crippen LogP contribution in [0.25, 0.3) is 0 Å². The summed E-state index contributed by atoms with van der Waals surface area (Å²) in [6, 6.07) is 6.04. The molecule has 2 bridgehead atoms. The molecule has 3 aliphatic heterocycles. The van der Waals surface area contributed by atoms with Gasteiger partial charge in [0.15, 0.2) is 0 Å². The molecular weight excluding hydrogens is 255 g/mol. The number of likely N-dealkylation sites (N-methyl/N-ethyl adjacent to an activating group) is 1. The van der Waals surface area contributed by atoms with Gasteiger partial charge >= 0.3 is 0 Å². The van der Waals surface area contributed by atoms with Crippen LogP contribution in [0.5, 0.6) is 0 Å². The van der Waals surface area contributed by atoms with Crippen LogP contribution in [0, 0.1) is 5.82 Å². The Morgan fingerprint density at radius 2 is 2.35 bits per heavy atom. The summed E-state index contributed by atoms with van der Waals surface area (Å²) in [6.07, 6.45) is 2.08. The van der Waals surface area contributed by atoms with E-state index in [-0.39, 0.29) is 11.4 Å². The van der Waals surface area contributed by atoms with Crippen LogP contribution in [-0.4, -0.2) is 54.7 Å². The van der Waals surface area contributed by atoms with Crippen molar-refractivity contribution in [3.05, 3.63) is 35.1 Å². The zero-order chi connectivity index (χ0) is 13.7. The second-order valence-corrected chi connectivity index (χ2v) is 6.61. The van der Waals surface area contributed by atoms with E-state index in [9.17, 15) is 4.39 Å². The highest BCUT2D eigenvalue weighted by atomic mass is 19.1. The molecule has 3 nitrogen and oxygen atoms in total. The Hall–Kier alpha value is -0.970. The SMILES string of the molecule is CN1C[C@@]2(CN3CCc4cccc(F)c4C3)C[C@@H]1CO2. The highest BCUT2D eigenvalue weighted by Gasteiger charge is 2.50. The summed E-state index contributed by atoms with van der Waals surface area (Å²) < 4.78 is 20.0. The lowest BCUT2D eigenvalue weighted by atomic mass is 9.96. The van der Waals surface area contributed by atoms with Crippen LogP contribution in [-0.2, 0) is 17.7 Å². The van der Waals surface area contributed by atoms with Gasteiger partial charge in [0.25, 0.3) is 0 Å². The third-order valence-corrected chi connectivity index (χ3v) is 5.16. The monoisotopic (exact) mass is 276 g/mol. The largest absolute Gasteiger partial charge is 0.371 e. The van der Waals surface area contributed by atoms with E-state index in [1.807, 2.05) is 6.07 Å². The van der Waals surface area contributed by atoms with Gasteiger partial charge in [-0.05, 0) is 31.5 Å². The topological polar surface area (TPSA) is 15.7 Å². The maximum absolute atomic E-state index is 13.9. The lowest BCUT2D eigenvalue weighted by molar-refractivity contribution is -0.0587. The Morgan fingerprint density at radius 1 is 1.45 bits per heavy atom. The van der Waals surface area contributed by atoms with Crippen LogP contribution < -0.4 is 0 Å². The average Bonchev–Trinajstić information content (AvgIpc) is 2.96. The molecule has 2 fully saturated rings. The molecule has 0 spiro atoms. The van der Waals surface area contributed by atoms with Gasteiger partial charge < -0.3 is 4.74 Å². The molecule has 0 aliphatic carbocycles. The third-order valence-electron chi connectivity index (χ3n) is 5.16. The number of likely N-dealkylation sites (tertiary alicyclic amines) is 1. The van der Waals surface area contributed by atoms with E-state index in [0.29, 0.717) is 6.04 Å². The standard InChI is InChI=1S/C16H21FN2O/c1-18-10-16(7-13(18)9-20-16)11-19-6-5-12-3-2-4-15(17)14(12)8-19/h2-4,13H,5-11H2,1H3/t13-,16-/m1/s1. The molecular formula is C16H21FN2O. The summed E-state index contributed by atoms with van der Waals surface area (Å²) in [7, 11) is 2.18. The molecule has 4 rings (SSSR count). The van der Waals surface area contributed by atoms with Crippen LogP contribution in [0.1, 0.15) is 17.5 Å². The Balaban J connectivity index is 1.51. The van der Waals surface area contributed by atoms with Crippen molar-refractivity contribution < 1.29 is 9.13 Å². The molecule has 1 aromatic rings. The number of nitrogens with zero attached hydrogens (tertiary/aromatic N) is 2. The lowest BCUT2D eigenvalue weighted by Crippen LogP contribution is -2.49. The minimum absolute atomic E-state index is 0.0117. The van der Waals surface area contributed by atoms with Crippen LogP contribution >= 0.6 is 0 Å². The van der Waals surface area contributed by atoms with Crippen molar-refractivity contribution in [3.63, 3.8) is 0 Å². The van der Waals surface area contributed by atoms with Crippen LogP contribution in [0.2, 0.25) is 0 Å². The van der Waals surface area contributed by atoms with Crippen LogP contribution in [0.4, 0.5) is 4.39 Å². The maximum atomic E-state index is 13.9. The average molecular weight is 276 g/mol. The van der Waals surface area contributed by atoms with E-state index in [1.165, 1.54) is 5.56 Å². The second kappa shape index (κ2) is 4.52. The number of rotatable bonds is 2. The van der Waals surface area contributed by atoms with Gasteiger partial charge in [0, 0.05) is 37.8 Å². The van der Waals surface area contributed by atoms with E-state index >= 15 is 0 Å². The minimum Gasteiger partial charge on any atom is -0.371 e. The molecule has 3 aliphatic rings. The van der Waals surface area contributed by atoms with Crippen LogP contribution in [0.3, 0.4) is 0 Å². The number of hydrogen-bond acceptors (Lipinski definition) is 3. The number of hydrogen-bond donors (Lipinski definition) is 0. The molecule has 108 valence electrons. The van der Waals surface area contributed by atoms with E-state index in [2.05, 4.69) is 22.9 Å². The van der Waals surface area contributed by atoms with Crippen molar-refractivity contribution >= 4 is 0 Å². The molecule has 2 saturated heterocycles. The number of ether oxygens (including phenoxy) is 1. The Bertz CT molecular complexity index is 531. The predicted molar refractivity (Wildman–Crippen MR) is 75.1 cm³/mol.